The van der Waals surface area contributed by atoms with Crippen molar-refractivity contribution in [2.45, 2.75) is 12.8 Å². The van der Waals surface area contributed by atoms with Gasteiger partial charge >= 0.3 is 0 Å². The van der Waals surface area contributed by atoms with Crippen LogP contribution in [-0.2, 0) is 0 Å². The van der Waals surface area contributed by atoms with Gasteiger partial charge in [-0.15, -0.1) is 0 Å². The van der Waals surface area contributed by atoms with Crippen LogP contribution in [0, 0.1) is 0 Å². The summed E-state index contributed by atoms with van der Waals surface area (Å²) in [7, 11) is 0. The molecule has 2 rings (SSSR count). The summed E-state index contributed by atoms with van der Waals surface area (Å²) in [5.41, 5.74) is 2.27. The van der Waals surface area contributed by atoms with Gasteiger partial charge in [-0.2, -0.15) is 0 Å². The molecule has 80 valence electrons. The fraction of sp³-hybridized carbons (Fsp3) is 0.286. The van der Waals surface area contributed by atoms with E-state index in [9.17, 15) is 0 Å². The number of benzene rings is 1. The second-order valence-electron chi connectivity index (χ2n) is 3.49. The predicted molar refractivity (Wildman–Crippen MR) is 68.7 cm³/mol. The summed E-state index contributed by atoms with van der Waals surface area (Å²) in [5, 5.41) is 3.22. The maximum Gasteiger partial charge on any atom is -0.00484 e. The lowest BCUT2D eigenvalue weighted by Gasteiger charge is -1.96. The molecule has 0 atom stereocenters. The Morgan fingerprint density at radius 2 is 1.40 bits per heavy atom. The summed E-state index contributed by atoms with van der Waals surface area (Å²) in [6.07, 6.45) is 6.44. The van der Waals surface area contributed by atoms with Crippen molar-refractivity contribution in [3.05, 3.63) is 48.6 Å². The fourth-order valence-corrected chi connectivity index (χ4v) is 1.51. The van der Waals surface area contributed by atoms with Gasteiger partial charge in [-0.25, -0.2) is 0 Å². The Labute approximate surface area is 92.5 Å². The molecule has 1 aliphatic rings. The highest BCUT2D eigenvalue weighted by Gasteiger charge is 1.93. The van der Waals surface area contributed by atoms with Gasteiger partial charge in [0, 0.05) is 0 Å². The van der Waals surface area contributed by atoms with Crippen LogP contribution in [-0.4, -0.2) is 13.1 Å². The number of hydrogen-bond donors (Lipinski definition) is 1. The lowest BCUT2D eigenvalue weighted by Crippen LogP contribution is -2.03. The van der Waals surface area contributed by atoms with E-state index in [-0.39, 0.29) is 0 Å². The summed E-state index contributed by atoms with van der Waals surface area (Å²) >= 11 is 0. The highest BCUT2D eigenvalue weighted by molar-refractivity contribution is 5.63. The van der Waals surface area contributed by atoms with Crippen LogP contribution in [0.2, 0.25) is 0 Å². The molecule has 1 fully saturated rings. The number of hydrogen-bond acceptors (Lipinski definition) is 1. The van der Waals surface area contributed by atoms with E-state index in [2.05, 4.69) is 18.5 Å². The third-order valence-corrected chi connectivity index (χ3v) is 2.39. The van der Waals surface area contributed by atoms with Gasteiger partial charge in [0.2, 0.25) is 0 Å². The van der Waals surface area contributed by atoms with Crippen LogP contribution in [0.3, 0.4) is 0 Å². The lowest BCUT2D eigenvalue weighted by molar-refractivity contribution is 0.857. The first-order valence-electron chi connectivity index (χ1n) is 5.43. The highest BCUT2D eigenvalue weighted by Crippen LogP contribution is 2.10. The molecule has 1 nitrogen and oxygen atoms in total. The van der Waals surface area contributed by atoms with Crippen LogP contribution in [0.4, 0.5) is 0 Å². The van der Waals surface area contributed by atoms with Gasteiger partial charge in [0.05, 0.1) is 0 Å². The van der Waals surface area contributed by atoms with Gasteiger partial charge < -0.3 is 5.32 Å². The van der Waals surface area contributed by atoms with Gasteiger partial charge in [0.25, 0.3) is 0 Å². The van der Waals surface area contributed by atoms with E-state index in [0.29, 0.717) is 0 Å². The topological polar surface area (TPSA) is 12.0 Å². The molecular weight excluding hydrogens is 182 g/mol. The summed E-state index contributed by atoms with van der Waals surface area (Å²) < 4.78 is 0. The molecule has 1 aromatic rings. The van der Waals surface area contributed by atoms with Crippen molar-refractivity contribution >= 4 is 12.2 Å². The van der Waals surface area contributed by atoms with Gasteiger partial charge in [-0.05, 0) is 37.1 Å². The molecule has 0 unspecified atom stereocenters. The molecule has 1 aliphatic heterocycles. The van der Waals surface area contributed by atoms with E-state index < -0.39 is 0 Å². The average Bonchev–Trinajstić information content (AvgIpc) is 2.87. The highest BCUT2D eigenvalue weighted by atomic mass is 14.9. The minimum absolute atomic E-state index is 1.14. The standard InChI is InChI=1S/C10H10.C4H9N/c1-3-9-7-5-6-8-10(9)4-2;1-2-4-5-3-1/h3-8H,1-2H2;5H,1-4H2. The first-order valence-corrected chi connectivity index (χ1v) is 5.43. The Balaban J connectivity index is 0.000000187. The zero-order valence-electron chi connectivity index (χ0n) is 9.21. The molecule has 0 spiro atoms. The van der Waals surface area contributed by atoms with Crippen molar-refractivity contribution in [1.29, 1.82) is 0 Å². The van der Waals surface area contributed by atoms with E-state index in [4.69, 9.17) is 0 Å². The van der Waals surface area contributed by atoms with Crippen molar-refractivity contribution in [3.63, 3.8) is 0 Å². The summed E-state index contributed by atoms with van der Waals surface area (Å²) in [4.78, 5) is 0. The largest absolute Gasteiger partial charge is 0.317 e. The van der Waals surface area contributed by atoms with Gasteiger partial charge in [0.1, 0.15) is 0 Å². The molecule has 0 saturated carbocycles. The Morgan fingerprint density at radius 3 is 1.67 bits per heavy atom. The maximum absolute atomic E-state index is 3.69. The molecule has 15 heavy (non-hydrogen) atoms. The Bertz CT molecular complexity index is 276. The molecule has 0 aliphatic carbocycles. The SMILES string of the molecule is C1CCNC1.C=Cc1ccccc1C=C. The Morgan fingerprint density at radius 1 is 0.933 bits per heavy atom. The maximum atomic E-state index is 3.69. The molecule has 1 N–H and O–H groups in total. The van der Waals surface area contributed by atoms with Crippen LogP contribution in [0.25, 0.3) is 12.2 Å². The zero-order chi connectivity index (χ0) is 10.9. The second-order valence-corrected chi connectivity index (χ2v) is 3.49. The number of nitrogens with one attached hydrogen (secondary N) is 1. The third-order valence-electron chi connectivity index (χ3n) is 2.39. The van der Waals surface area contributed by atoms with Crippen molar-refractivity contribution < 1.29 is 0 Å². The normalized spacial score (nSPS) is 13.9. The minimum Gasteiger partial charge on any atom is -0.317 e. The predicted octanol–water partition coefficient (Wildman–Crippen LogP) is 3.34. The van der Waals surface area contributed by atoms with Crippen LogP contribution in [0.5, 0.6) is 0 Å². The van der Waals surface area contributed by atoms with E-state index in [0.717, 1.165) is 11.1 Å². The molecule has 0 bridgehead atoms. The molecule has 1 saturated heterocycles. The Kier molecular flexibility index (Phi) is 5.49. The first kappa shape index (κ1) is 11.7. The summed E-state index contributed by atoms with van der Waals surface area (Å²) in [6, 6.07) is 8.02. The van der Waals surface area contributed by atoms with Crippen molar-refractivity contribution in [1.82, 2.24) is 5.32 Å². The van der Waals surface area contributed by atoms with Crippen LogP contribution in [0.15, 0.2) is 37.4 Å². The molecule has 0 aromatic heterocycles. The van der Waals surface area contributed by atoms with Gasteiger partial charge in [-0.3, -0.25) is 0 Å². The zero-order valence-corrected chi connectivity index (χ0v) is 9.21. The molecular formula is C14H19N. The summed E-state index contributed by atoms with van der Waals surface area (Å²) in [6.45, 7) is 9.88. The molecule has 0 radical (unpaired) electrons. The van der Waals surface area contributed by atoms with Gasteiger partial charge in [0.15, 0.2) is 0 Å². The number of rotatable bonds is 2. The molecule has 1 aromatic carbocycles. The van der Waals surface area contributed by atoms with E-state index in [1.807, 2.05) is 36.4 Å². The average molecular weight is 201 g/mol. The van der Waals surface area contributed by atoms with Crippen molar-refractivity contribution in [3.8, 4) is 0 Å². The van der Waals surface area contributed by atoms with E-state index in [1.165, 1.54) is 25.9 Å². The van der Waals surface area contributed by atoms with E-state index >= 15 is 0 Å². The van der Waals surface area contributed by atoms with Crippen molar-refractivity contribution in [2.24, 2.45) is 0 Å². The molecule has 1 heterocycles. The third kappa shape index (κ3) is 4.13. The van der Waals surface area contributed by atoms with E-state index in [1.54, 1.807) is 0 Å². The monoisotopic (exact) mass is 201 g/mol. The van der Waals surface area contributed by atoms with Gasteiger partial charge in [-0.1, -0.05) is 49.6 Å². The summed E-state index contributed by atoms with van der Waals surface area (Å²) in [5.74, 6) is 0. The van der Waals surface area contributed by atoms with Crippen LogP contribution in [0.1, 0.15) is 24.0 Å². The molecule has 1 heteroatoms. The first-order chi connectivity index (χ1) is 7.38. The van der Waals surface area contributed by atoms with Crippen LogP contribution < -0.4 is 5.32 Å². The smallest absolute Gasteiger partial charge is 0.00484 e. The Hall–Kier alpha value is -1.34. The fourth-order valence-electron chi connectivity index (χ4n) is 1.51. The lowest BCUT2D eigenvalue weighted by atomic mass is 10.1. The second kappa shape index (κ2) is 7.02. The minimum atomic E-state index is 1.14. The quantitative estimate of drug-likeness (QED) is 0.773. The molecule has 0 amide bonds. The van der Waals surface area contributed by atoms with Crippen molar-refractivity contribution in [2.75, 3.05) is 13.1 Å². The van der Waals surface area contributed by atoms with Crippen LogP contribution >= 0.6 is 0 Å².